The van der Waals surface area contributed by atoms with Crippen LogP contribution in [-0.4, -0.2) is 92.6 Å². The summed E-state index contributed by atoms with van der Waals surface area (Å²) in [5, 5.41) is 4.70. The van der Waals surface area contributed by atoms with Crippen LogP contribution in [0.2, 0.25) is 0 Å². The quantitative estimate of drug-likeness (QED) is 0.425. The number of nitrogens with zero attached hydrogens (tertiary/aromatic N) is 3. The van der Waals surface area contributed by atoms with E-state index in [4.69, 9.17) is 4.74 Å². The number of alkyl halides is 3. The first-order valence-corrected chi connectivity index (χ1v) is 12.1. The van der Waals surface area contributed by atoms with E-state index < -0.39 is 35.2 Å². The highest BCUT2D eigenvalue weighted by molar-refractivity contribution is 6.39. The molecule has 0 saturated carbocycles. The van der Waals surface area contributed by atoms with Crippen LogP contribution in [0.15, 0.2) is 18.2 Å². The average molecular weight is 532 g/mol. The zero-order valence-electron chi connectivity index (χ0n) is 22.8. The predicted molar refractivity (Wildman–Crippen MR) is 136 cm³/mol. The molecule has 0 spiro atoms. The van der Waals surface area contributed by atoms with Gasteiger partial charge in [0.2, 0.25) is 0 Å². The van der Waals surface area contributed by atoms with Gasteiger partial charge in [0.05, 0.1) is 5.56 Å². The van der Waals surface area contributed by atoms with Crippen molar-refractivity contribution in [3.8, 4) is 0 Å². The number of carbonyl (C=O) groups excluding carboxylic acids is 3. The minimum absolute atomic E-state index is 0.0808. The van der Waals surface area contributed by atoms with Gasteiger partial charge in [0, 0.05) is 25.3 Å². The number of hydrogen-bond acceptors (Lipinski definition) is 6. The molecule has 0 aliphatic carbocycles. The van der Waals surface area contributed by atoms with Crippen molar-refractivity contribution in [2.75, 3.05) is 59.7 Å². The lowest BCUT2D eigenvalue weighted by molar-refractivity contribution is -0.143. The molecule has 0 aliphatic rings. The van der Waals surface area contributed by atoms with E-state index >= 15 is 0 Å². The zero-order chi connectivity index (χ0) is 28.4. The fourth-order valence-electron chi connectivity index (χ4n) is 3.32. The van der Waals surface area contributed by atoms with Gasteiger partial charge in [0.1, 0.15) is 5.60 Å². The summed E-state index contributed by atoms with van der Waals surface area (Å²) >= 11 is 0. The monoisotopic (exact) mass is 531 g/mol. The molecule has 0 fully saturated rings. The van der Waals surface area contributed by atoms with Crippen molar-refractivity contribution in [3.05, 3.63) is 29.3 Å². The fraction of sp³-hybridized carbons (Fsp3) is 0.640. The van der Waals surface area contributed by atoms with Gasteiger partial charge in [-0.25, -0.2) is 4.79 Å². The Morgan fingerprint density at radius 3 is 1.86 bits per heavy atom. The zero-order valence-corrected chi connectivity index (χ0v) is 22.8. The number of hydrogen-bond donors (Lipinski definition) is 2. The summed E-state index contributed by atoms with van der Waals surface area (Å²) < 4.78 is 45.6. The van der Waals surface area contributed by atoms with Crippen molar-refractivity contribution in [1.29, 1.82) is 0 Å². The topological polar surface area (TPSA) is 94.2 Å². The molecule has 3 amide bonds. The first kappa shape index (κ1) is 32.2. The Morgan fingerprint density at radius 2 is 1.41 bits per heavy atom. The molecule has 1 aromatic rings. The van der Waals surface area contributed by atoms with Gasteiger partial charge >= 0.3 is 24.1 Å². The molecule has 9 nitrogen and oxygen atoms in total. The summed E-state index contributed by atoms with van der Waals surface area (Å²) in [4.78, 5) is 42.9. The van der Waals surface area contributed by atoms with Crippen LogP contribution in [0.1, 0.15) is 44.7 Å². The lowest BCUT2D eigenvalue weighted by Crippen LogP contribution is -2.42. The van der Waals surface area contributed by atoms with Gasteiger partial charge in [0.25, 0.3) is 0 Å². The number of nitrogens with one attached hydrogen (secondary N) is 2. The largest absolute Gasteiger partial charge is 0.444 e. The third kappa shape index (κ3) is 13.3. The number of benzene rings is 1. The van der Waals surface area contributed by atoms with E-state index in [-0.39, 0.29) is 17.8 Å². The van der Waals surface area contributed by atoms with E-state index in [9.17, 15) is 27.6 Å². The second-order valence-electron chi connectivity index (χ2n) is 10.3. The third-order valence-corrected chi connectivity index (χ3v) is 4.96. The lowest BCUT2D eigenvalue weighted by atomic mass is 10.1. The second kappa shape index (κ2) is 14.2. The molecule has 0 heterocycles. The van der Waals surface area contributed by atoms with Crippen molar-refractivity contribution in [2.45, 2.75) is 51.9 Å². The van der Waals surface area contributed by atoms with E-state index in [0.717, 1.165) is 12.1 Å². The Morgan fingerprint density at radius 1 is 0.865 bits per heavy atom. The minimum atomic E-state index is -4.70. The Hall–Kier alpha value is -2.86. The SMILES string of the molecule is CN(C)CCCN(CCCN(C)C)C(=O)C(=O)Nc1cc(CNC(=O)OC(C)(C)C)cc(C(F)(F)F)c1. The van der Waals surface area contributed by atoms with Crippen LogP contribution in [0.4, 0.5) is 23.7 Å². The maximum absolute atomic E-state index is 13.5. The van der Waals surface area contributed by atoms with Crippen LogP contribution in [0.3, 0.4) is 0 Å². The molecule has 0 aromatic heterocycles. The molecule has 0 bridgehead atoms. The van der Waals surface area contributed by atoms with Crippen LogP contribution in [-0.2, 0) is 27.0 Å². The van der Waals surface area contributed by atoms with Crippen molar-refractivity contribution in [1.82, 2.24) is 20.0 Å². The van der Waals surface area contributed by atoms with Gasteiger partial charge in [-0.1, -0.05) is 0 Å². The molecule has 210 valence electrons. The van der Waals surface area contributed by atoms with Crippen molar-refractivity contribution in [3.63, 3.8) is 0 Å². The van der Waals surface area contributed by atoms with E-state index in [1.165, 1.54) is 11.0 Å². The highest BCUT2D eigenvalue weighted by Crippen LogP contribution is 2.32. The maximum Gasteiger partial charge on any atom is 0.416 e. The highest BCUT2D eigenvalue weighted by atomic mass is 19.4. The highest BCUT2D eigenvalue weighted by Gasteiger charge is 2.32. The van der Waals surface area contributed by atoms with E-state index in [1.54, 1.807) is 20.8 Å². The summed E-state index contributed by atoms with van der Waals surface area (Å²) in [7, 11) is 7.59. The third-order valence-electron chi connectivity index (χ3n) is 4.96. The minimum Gasteiger partial charge on any atom is -0.444 e. The van der Waals surface area contributed by atoms with Crippen LogP contribution in [0, 0.1) is 0 Å². The Labute approximate surface area is 217 Å². The Balaban J connectivity index is 3.03. The molecule has 2 N–H and O–H groups in total. The molecular weight excluding hydrogens is 491 g/mol. The molecule has 37 heavy (non-hydrogen) atoms. The molecule has 0 saturated heterocycles. The smallest absolute Gasteiger partial charge is 0.416 e. The van der Waals surface area contributed by atoms with Crippen molar-refractivity contribution >= 4 is 23.6 Å². The van der Waals surface area contributed by atoms with E-state index in [1.807, 2.05) is 38.0 Å². The first-order valence-electron chi connectivity index (χ1n) is 12.1. The summed E-state index contributed by atoms with van der Waals surface area (Å²) in [6, 6.07) is 2.90. The van der Waals surface area contributed by atoms with Crippen molar-refractivity contribution in [2.24, 2.45) is 0 Å². The molecule has 12 heteroatoms. The molecule has 0 atom stereocenters. The summed E-state index contributed by atoms with van der Waals surface area (Å²) in [5.74, 6) is -1.84. The Bertz CT molecular complexity index is 901. The average Bonchev–Trinajstić information content (AvgIpc) is 2.73. The van der Waals surface area contributed by atoms with Crippen LogP contribution in [0.25, 0.3) is 0 Å². The number of rotatable bonds is 11. The van der Waals surface area contributed by atoms with Gasteiger partial charge in [-0.05, 0) is 98.7 Å². The van der Waals surface area contributed by atoms with E-state index in [0.29, 0.717) is 39.0 Å². The molecule has 0 unspecified atom stereocenters. The van der Waals surface area contributed by atoms with Crippen molar-refractivity contribution < 1.29 is 32.3 Å². The van der Waals surface area contributed by atoms with Gasteiger partial charge in [-0.15, -0.1) is 0 Å². The number of carbonyl (C=O) groups is 3. The lowest BCUT2D eigenvalue weighted by Gasteiger charge is -2.24. The van der Waals surface area contributed by atoms with Gasteiger partial charge in [-0.2, -0.15) is 13.2 Å². The number of anilines is 1. The summed E-state index contributed by atoms with van der Waals surface area (Å²) in [6.07, 6.45) is -4.22. The van der Waals surface area contributed by atoms with Gasteiger partial charge < -0.3 is 30.1 Å². The van der Waals surface area contributed by atoms with Gasteiger partial charge in [-0.3, -0.25) is 9.59 Å². The number of amides is 3. The molecular formula is C25H40F3N5O4. The number of halogens is 3. The predicted octanol–water partition coefficient (Wildman–Crippen LogP) is 3.40. The van der Waals surface area contributed by atoms with Crippen LogP contribution >= 0.6 is 0 Å². The molecule has 1 rings (SSSR count). The normalized spacial score (nSPS) is 12.0. The summed E-state index contributed by atoms with van der Waals surface area (Å²) in [5.41, 5.74) is -1.91. The maximum atomic E-state index is 13.5. The fourth-order valence-corrected chi connectivity index (χ4v) is 3.32. The first-order chi connectivity index (χ1) is 17.0. The summed E-state index contributed by atoms with van der Waals surface area (Å²) in [6.45, 7) is 6.80. The number of alkyl carbamates (subject to hydrolysis) is 1. The van der Waals surface area contributed by atoms with E-state index in [2.05, 4.69) is 10.6 Å². The van der Waals surface area contributed by atoms with Crippen LogP contribution in [0.5, 0.6) is 0 Å². The van der Waals surface area contributed by atoms with Gasteiger partial charge in [0.15, 0.2) is 0 Å². The molecule has 0 aliphatic heterocycles. The standard InChI is InChI=1S/C25H40F3N5O4/c1-24(2,3)37-23(36)29-17-18-14-19(25(26,27)28)16-20(15-18)30-21(34)22(35)33(12-8-10-31(4)5)13-9-11-32(6)7/h14-16H,8-13,17H2,1-7H3,(H,29,36)(H,30,34). The molecule has 0 radical (unpaired) electrons. The molecule has 1 aromatic carbocycles. The van der Waals surface area contributed by atoms with Crippen LogP contribution < -0.4 is 10.6 Å². The Kier molecular flexibility index (Phi) is 12.3. The number of ether oxygens (including phenoxy) is 1. The second-order valence-corrected chi connectivity index (χ2v) is 10.3.